The molecule has 0 atom stereocenters. The summed E-state index contributed by atoms with van der Waals surface area (Å²) < 4.78 is 5.24. The molecule has 0 aliphatic heterocycles. The van der Waals surface area contributed by atoms with Gasteiger partial charge in [-0.3, -0.25) is 0 Å². The van der Waals surface area contributed by atoms with Crippen molar-refractivity contribution in [3.8, 4) is 0 Å². The molecule has 1 rings (SSSR count). The Morgan fingerprint density at radius 2 is 2.14 bits per heavy atom. The maximum atomic E-state index is 5.24. The van der Waals surface area contributed by atoms with Crippen LogP contribution in [0.2, 0.25) is 0 Å². The van der Waals surface area contributed by atoms with E-state index in [1.807, 2.05) is 12.1 Å². The Morgan fingerprint density at radius 1 is 1.36 bits per heavy atom. The summed E-state index contributed by atoms with van der Waals surface area (Å²) in [6.07, 6.45) is 5.77. The molecule has 0 spiro atoms. The summed E-state index contributed by atoms with van der Waals surface area (Å²) in [5, 5.41) is 3.41. The van der Waals surface area contributed by atoms with E-state index in [1.165, 1.54) is 18.5 Å². The molecule has 0 fully saturated rings. The van der Waals surface area contributed by atoms with E-state index in [1.54, 1.807) is 6.26 Å². The predicted octanol–water partition coefficient (Wildman–Crippen LogP) is 2.89. The highest BCUT2D eigenvalue weighted by Crippen LogP contribution is 2.32. The van der Waals surface area contributed by atoms with Crippen LogP contribution in [0.1, 0.15) is 19.6 Å². The van der Waals surface area contributed by atoms with E-state index >= 15 is 0 Å². The molecule has 0 radical (unpaired) electrons. The summed E-state index contributed by atoms with van der Waals surface area (Å²) in [6, 6.07) is 3.94. The van der Waals surface area contributed by atoms with Crippen LogP contribution >= 0.6 is 7.92 Å². The van der Waals surface area contributed by atoms with Crippen molar-refractivity contribution in [2.24, 2.45) is 0 Å². The van der Waals surface area contributed by atoms with Gasteiger partial charge in [0.25, 0.3) is 0 Å². The van der Waals surface area contributed by atoms with Gasteiger partial charge in [0.15, 0.2) is 0 Å². The van der Waals surface area contributed by atoms with Crippen molar-refractivity contribution in [1.82, 2.24) is 5.32 Å². The molecular weight excluding hydrogens is 193 g/mol. The lowest BCUT2D eigenvalue weighted by Crippen LogP contribution is -2.17. The van der Waals surface area contributed by atoms with E-state index in [0.29, 0.717) is 0 Å². The molecule has 0 bridgehead atoms. The summed E-state index contributed by atoms with van der Waals surface area (Å²) in [4.78, 5) is 0. The summed E-state index contributed by atoms with van der Waals surface area (Å²) in [7, 11) is 0.282. The minimum atomic E-state index is 0.282. The van der Waals surface area contributed by atoms with Crippen molar-refractivity contribution >= 4 is 7.92 Å². The molecule has 0 saturated carbocycles. The number of nitrogens with one attached hydrogen (secondary N) is 1. The summed E-state index contributed by atoms with van der Waals surface area (Å²) in [6.45, 7) is 6.57. The molecule has 0 aliphatic carbocycles. The molecule has 1 aromatic heterocycles. The molecule has 0 unspecified atom stereocenters. The molecule has 0 amide bonds. The Labute approximate surface area is 87.8 Å². The molecule has 1 aromatic rings. The van der Waals surface area contributed by atoms with Gasteiger partial charge in [-0.15, -0.1) is 7.92 Å². The Hall–Kier alpha value is -0.330. The highest BCUT2D eigenvalue weighted by Gasteiger charge is 2.01. The van der Waals surface area contributed by atoms with Gasteiger partial charge in [0.05, 0.1) is 12.8 Å². The van der Waals surface area contributed by atoms with Gasteiger partial charge in [0.1, 0.15) is 5.76 Å². The summed E-state index contributed by atoms with van der Waals surface area (Å²) in [5.74, 6) is 1.03. The highest BCUT2D eigenvalue weighted by molar-refractivity contribution is 7.57. The fraction of sp³-hybridized carbons (Fsp3) is 0.636. The minimum Gasteiger partial charge on any atom is -0.468 e. The highest BCUT2D eigenvalue weighted by atomic mass is 31.1. The SMILES string of the molecule is CCP(CC)CCNCc1ccco1. The number of furan rings is 1. The maximum absolute atomic E-state index is 5.24. The lowest BCUT2D eigenvalue weighted by atomic mass is 10.4. The third kappa shape index (κ3) is 4.26. The van der Waals surface area contributed by atoms with E-state index in [9.17, 15) is 0 Å². The van der Waals surface area contributed by atoms with Gasteiger partial charge < -0.3 is 9.73 Å². The first-order valence-corrected chi connectivity index (χ1v) is 7.22. The largest absolute Gasteiger partial charge is 0.468 e. The van der Waals surface area contributed by atoms with Crippen LogP contribution < -0.4 is 5.32 Å². The Balaban J connectivity index is 2.04. The minimum absolute atomic E-state index is 0.282. The first kappa shape index (κ1) is 11.7. The Morgan fingerprint density at radius 3 is 2.71 bits per heavy atom. The third-order valence-electron chi connectivity index (χ3n) is 2.38. The maximum Gasteiger partial charge on any atom is 0.117 e. The molecule has 2 nitrogen and oxygen atoms in total. The van der Waals surface area contributed by atoms with Gasteiger partial charge in [-0.1, -0.05) is 13.8 Å². The first-order chi connectivity index (χ1) is 6.86. The van der Waals surface area contributed by atoms with Gasteiger partial charge in [0.2, 0.25) is 0 Å². The second-order valence-electron chi connectivity index (χ2n) is 3.28. The third-order valence-corrected chi connectivity index (χ3v) is 5.02. The van der Waals surface area contributed by atoms with Crippen LogP contribution in [-0.2, 0) is 6.54 Å². The topological polar surface area (TPSA) is 25.2 Å². The average molecular weight is 213 g/mol. The van der Waals surface area contributed by atoms with Crippen molar-refractivity contribution < 1.29 is 4.42 Å². The second kappa shape index (κ2) is 7.03. The van der Waals surface area contributed by atoms with Crippen molar-refractivity contribution in [3.05, 3.63) is 24.2 Å². The average Bonchev–Trinajstić information content (AvgIpc) is 2.71. The number of hydrogen-bond donors (Lipinski definition) is 1. The zero-order valence-corrected chi connectivity index (χ0v) is 10.0. The van der Waals surface area contributed by atoms with E-state index in [0.717, 1.165) is 18.8 Å². The fourth-order valence-corrected chi connectivity index (χ4v) is 2.96. The molecule has 0 aliphatic rings. The van der Waals surface area contributed by atoms with Gasteiger partial charge >= 0.3 is 0 Å². The van der Waals surface area contributed by atoms with Gasteiger partial charge in [-0.25, -0.2) is 0 Å². The number of rotatable bonds is 7. The van der Waals surface area contributed by atoms with Crippen molar-refractivity contribution in [1.29, 1.82) is 0 Å². The summed E-state index contributed by atoms with van der Waals surface area (Å²) >= 11 is 0. The van der Waals surface area contributed by atoms with Crippen LogP contribution in [0.4, 0.5) is 0 Å². The molecule has 0 saturated heterocycles. The monoisotopic (exact) mass is 213 g/mol. The molecule has 3 heteroatoms. The van der Waals surface area contributed by atoms with Crippen molar-refractivity contribution in [3.63, 3.8) is 0 Å². The van der Waals surface area contributed by atoms with Crippen LogP contribution in [0.25, 0.3) is 0 Å². The van der Waals surface area contributed by atoms with E-state index < -0.39 is 0 Å². The van der Waals surface area contributed by atoms with Crippen molar-refractivity contribution in [2.45, 2.75) is 20.4 Å². The number of hydrogen-bond acceptors (Lipinski definition) is 2. The van der Waals surface area contributed by atoms with Crippen LogP contribution in [0.5, 0.6) is 0 Å². The van der Waals surface area contributed by atoms with Gasteiger partial charge in [0, 0.05) is 0 Å². The predicted molar refractivity (Wildman–Crippen MR) is 63.3 cm³/mol. The zero-order valence-electron chi connectivity index (χ0n) is 9.12. The van der Waals surface area contributed by atoms with E-state index in [4.69, 9.17) is 4.42 Å². The normalized spacial score (nSPS) is 11.1. The zero-order chi connectivity index (χ0) is 10.2. The Bertz CT molecular complexity index is 219. The lowest BCUT2D eigenvalue weighted by molar-refractivity contribution is 0.488. The second-order valence-corrected chi connectivity index (χ2v) is 6.34. The smallest absolute Gasteiger partial charge is 0.117 e. The van der Waals surface area contributed by atoms with Crippen LogP contribution in [0, 0.1) is 0 Å². The quantitative estimate of drug-likeness (QED) is 0.556. The molecule has 0 aromatic carbocycles. The van der Waals surface area contributed by atoms with E-state index in [-0.39, 0.29) is 7.92 Å². The fourth-order valence-electron chi connectivity index (χ4n) is 1.40. The van der Waals surface area contributed by atoms with Gasteiger partial charge in [-0.05, 0) is 37.2 Å². The summed E-state index contributed by atoms with van der Waals surface area (Å²) in [5.41, 5.74) is 0. The first-order valence-electron chi connectivity index (χ1n) is 5.32. The standard InChI is InChI=1S/C11H20NOP/c1-3-14(4-2)9-7-12-10-11-6-5-8-13-11/h5-6,8,12H,3-4,7,9-10H2,1-2H3. The molecule has 1 heterocycles. The van der Waals surface area contributed by atoms with Crippen LogP contribution in [0.15, 0.2) is 22.8 Å². The lowest BCUT2D eigenvalue weighted by Gasteiger charge is -2.12. The van der Waals surface area contributed by atoms with Crippen LogP contribution in [0.3, 0.4) is 0 Å². The molecule has 1 N–H and O–H groups in total. The molecular formula is C11H20NOP. The van der Waals surface area contributed by atoms with E-state index in [2.05, 4.69) is 19.2 Å². The van der Waals surface area contributed by atoms with Gasteiger partial charge in [-0.2, -0.15) is 0 Å². The molecule has 14 heavy (non-hydrogen) atoms. The van der Waals surface area contributed by atoms with Crippen LogP contribution in [-0.4, -0.2) is 25.0 Å². The molecule has 80 valence electrons. The Kier molecular flexibility index (Phi) is 5.89. The van der Waals surface area contributed by atoms with Crippen molar-refractivity contribution in [2.75, 3.05) is 25.0 Å².